The maximum absolute atomic E-state index is 11.9. The van der Waals surface area contributed by atoms with Gasteiger partial charge in [0, 0.05) is 20.0 Å². The molecule has 2 rings (SSSR count). The fraction of sp³-hybridized carbons (Fsp3) is 0.333. The molecule has 0 aliphatic carbocycles. The van der Waals surface area contributed by atoms with E-state index in [1.54, 1.807) is 19.2 Å². The number of para-hydroxylation sites is 1. The number of rotatable bonds is 2. The molecular weight excluding hydrogens is 256 g/mol. The van der Waals surface area contributed by atoms with E-state index in [1.165, 1.54) is 11.0 Å². The third kappa shape index (κ3) is 2.26. The molecule has 0 spiro atoms. The first-order chi connectivity index (χ1) is 8.50. The third-order valence-electron chi connectivity index (χ3n) is 2.90. The lowest BCUT2D eigenvalue weighted by Crippen LogP contribution is -2.29. The van der Waals surface area contributed by atoms with Crippen LogP contribution in [0.5, 0.6) is 0 Å². The van der Waals surface area contributed by atoms with E-state index in [-0.39, 0.29) is 17.2 Å². The predicted octanol–water partition coefficient (Wildman–Crippen LogP) is 1.31. The first-order valence-electron chi connectivity index (χ1n) is 5.50. The predicted molar refractivity (Wildman–Crippen MR) is 67.3 cm³/mol. The second kappa shape index (κ2) is 4.86. The minimum atomic E-state index is -0.721. The molecule has 18 heavy (non-hydrogen) atoms. The molecule has 0 bridgehead atoms. The summed E-state index contributed by atoms with van der Waals surface area (Å²) in [6, 6.07) is 4.72. The van der Waals surface area contributed by atoms with Gasteiger partial charge in [-0.2, -0.15) is 0 Å². The Morgan fingerprint density at radius 3 is 2.89 bits per heavy atom. The molecular formula is C12H13ClN2O3. The van der Waals surface area contributed by atoms with Gasteiger partial charge in [-0.25, -0.2) is 4.79 Å². The Morgan fingerprint density at radius 1 is 1.56 bits per heavy atom. The van der Waals surface area contributed by atoms with E-state index in [9.17, 15) is 9.59 Å². The van der Waals surface area contributed by atoms with E-state index in [4.69, 9.17) is 22.1 Å². The van der Waals surface area contributed by atoms with Crippen molar-refractivity contribution in [1.29, 1.82) is 0 Å². The molecule has 2 N–H and O–H groups in total. The van der Waals surface area contributed by atoms with Crippen molar-refractivity contribution in [2.24, 2.45) is 0 Å². The maximum Gasteiger partial charge on any atom is 0.341 e. The summed E-state index contributed by atoms with van der Waals surface area (Å²) < 4.78 is 5.15. The van der Waals surface area contributed by atoms with Crippen molar-refractivity contribution in [1.82, 2.24) is 4.90 Å². The number of likely N-dealkylation sites (N-methyl/N-ethyl adjacent to an activating group) is 1. The molecule has 5 nitrogen and oxygen atoms in total. The number of nitrogens with zero attached hydrogens (tertiary/aromatic N) is 1. The number of benzene rings is 1. The topological polar surface area (TPSA) is 72.6 Å². The maximum atomic E-state index is 11.9. The normalized spacial score (nSPS) is 19.1. The number of esters is 1. The molecule has 0 aromatic heterocycles. The van der Waals surface area contributed by atoms with Gasteiger partial charge in [0.05, 0.1) is 16.3 Å². The van der Waals surface area contributed by atoms with Crippen LogP contribution in [0.25, 0.3) is 0 Å². The molecule has 1 atom stereocenters. The summed E-state index contributed by atoms with van der Waals surface area (Å²) in [5, 5.41) is 0.291. The number of anilines is 1. The molecule has 0 saturated carbocycles. The van der Waals surface area contributed by atoms with Gasteiger partial charge >= 0.3 is 5.97 Å². The van der Waals surface area contributed by atoms with Gasteiger partial charge < -0.3 is 15.4 Å². The lowest BCUT2D eigenvalue weighted by molar-refractivity contribution is -0.133. The van der Waals surface area contributed by atoms with E-state index in [1.807, 2.05) is 0 Å². The Balaban J connectivity index is 2.13. The zero-order valence-electron chi connectivity index (χ0n) is 9.85. The number of ether oxygens (including phenoxy) is 1. The number of nitrogen functional groups attached to an aromatic ring is 1. The Kier molecular flexibility index (Phi) is 3.43. The molecule has 1 amide bonds. The highest BCUT2D eigenvalue weighted by Crippen LogP contribution is 2.24. The minimum absolute atomic E-state index is 0.169. The molecule has 1 aliphatic heterocycles. The van der Waals surface area contributed by atoms with Crippen molar-refractivity contribution >= 4 is 29.2 Å². The quantitative estimate of drug-likeness (QED) is 0.648. The van der Waals surface area contributed by atoms with Crippen LogP contribution in [0.4, 0.5) is 5.69 Å². The highest BCUT2D eigenvalue weighted by atomic mass is 35.5. The Morgan fingerprint density at radius 2 is 2.28 bits per heavy atom. The van der Waals surface area contributed by atoms with Gasteiger partial charge in [-0.3, -0.25) is 4.79 Å². The fourth-order valence-corrected chi connectivity index (χ4v) is 1.98. The van der Waals surface area contributed by atoms with Crippen LogP contribution in [0.1, 0.15) is 16.8 Å². The first kappa shape index (κ1) is 12.7. The van der Waals surface area contributed by atoms with Crippen LogP contribution in [0.2, 0.25) is 5.02 Å². The highest BCUT2D eigenvalue weighted by molar-refractivity contribution is 6.33. The van der Waals surface area contributed by atoms with Gasteiger partial charge in [0.25, 0.3) is 5.91 Å². The third-order valence-corrected chi connectivity index (χ3v) is 3.23. The van der Waals surface area contributed by atoms with Crippen molar-refractivity contribution in [3.63, 3.8) is 0 Å². The van der Waals surface area contributed by atoms with Crippen LogP contribution in [-0.4, -0.2) is 36.5 Å². The summed E-state index contributed by atoms with van der Waals surface area (Å²) >= 11 is 5.82. The van der Waals surface area contributed by atoms with Gasteiger partial charge in [-0.05, 0) is 12.1 Å². The smallest absolute Gasteiger partial charge is 0.341 e. The van der Waals surface area contributed by atoms with E-state index in [0.29, 0.717) is 18.0 Å². The average molecular weight is 269 g/mol. The molecule has 1 heterocycles. The first-order valence-corrected chi connectivity index (χ1v) is 5.88. The lowest BCUT2D eigenvalue weighted by atomic mass is 10.2. The number of carbonyl (C=O) groups is 2. The molecule has 1 aromatic carbocycles. The molecule has 1 aliphatic rings. The Hall–Kier alpha value is -1.75. The number of amides is 1. The van der Waals surface area contributed by atoms with Gasteiger partial charge in [0.1, 0.15) is 0 Å². The van der Waals surface area contributed by atoms with Crippen molar-refractivity contribution in [2.75, 3.05) is 19.3 Å². The number of hydrogen-bond donors (Lipinski definition) is 1. The van der Waals surface area contributed by atoms with Crippen LogP contribution in [0.15, 0.2) is 18.2 Å². The second-order valence-electron chi connectivity index (χ2n) is 4.14. The minimum Gasteiger partial charge on any atom is -0.449 e. The van der Waals surface area contributed by atoms with Crippen LogP contribution >= 0.6 is 11.6 Å². The molecule has 1 unspecified atom stereocenters. The zero-order chi connectivity index (χ0) is 13.3. The van der Waals surface area contributed by atoms with Crippen LogP contribution in [0, 0.1) is 0 Å². The number of likely N-dealkylation sites (tertiary alicyclic amines) is 1. The van der Waals surface area contributed by atoms with Gasteiger partial charge in [0.2, 0.25) is 0 Å². The average Bonchev–Trinajstić information content (AvgIpc) is 2.64. The summed E-state index contributed by atoms with van der Waals surface area (Å²) in [5.74, 6) is -0.812. The molecule has 6 heteroatoms. The van der Waals surface area contributed by atoms with Gasteiger partial charge in [-0.15, -0.1) is 0 Å². The summed E-state index contributed by atoms with van der Waals surface area (Å²) in [6.07, 6.45) is -0.220. The second-order valence-corrected chi connectivity index (χ2v) is 4.55. The standard InChI is InChI=1S/C12H13ClN2O3/c1-15-6-5-9(11(15)16)18-12(17)7-3-2-4-8(13)10(7)14/h2-4,9H,5-6,14H2,1H3. The van der Waals surface area contributed by atoms with Crippen LogP contribution < -0.4 is 5.73 Å². The fourth-order valence-electron chi connectivity index (χ4n) is 1.81. The Labute approximate surface area is 109 Å². The monoisotopic (exact) mass is 268 g/mol. The summed E-state index contributed by atoms with van der Waals surface area (Å²) in [5.41, 5.74) is 6.05. The van der Waals surface area contributed by atoms with Crippen molar-refractivity contribution in [3.05, 3.63) is 28.8 Å². The Bertz CT molecular complexity index is 504. The van der Waals surface area contributed by atoms with Crippen molar-refractivity contribution < 1.29 is 14.3 Å². The van der Waals surface area contributed by atoms with Crippen LogP contribution in [0.3, 0.4) is 0 Å². The highest BCUT2D eigenvalue weighted by Gasteiger charge is 2.32. The molecule has 96 valence electrons. The molecule has 1 fully saturated rings. The van der Waals surface area contributed by atoms with Crippen molar-refractivity contribution in [2.45, 2.75) is 12.5 Å². The zero-order valence-corrected chi connectivity index (χ0v) is 10.6. The number of nitrogens with two attached hydrogens (primary N) is 1. The van der Waals surface area contributed by atoms with E-state index in [2.05, 4.69) is 0 Å². The van der Waals surface area contributed by atoms with E-state index >= 15 is 0 Å². The van der Waals surface area contributed by atoms with Gasteiger partial charge in [0.15, 0.2) is 6.10 Å². The van der Waals surface area contributed by atoms with Crippen LogP contribution in [-0.2, 0) is 9.53 Å². The lowest BCUT2D eigenvalue weighted by Gasteiger charge is -2.12. The molecule has 1 aromatic rings. The van der Waals surface area contributed by atoms with E-state index < -0.39 is 12.1 Å². The SMILES string of the molecule is CN1CCC(OC(=O)c2cccc(Cl)c2N)C1=O. The van der Waals surface area contributed by atoms with Crippen molar-refractivity contribution in [3.8, 4) is 0 Å². The number of hydrogen-bond acceptors (Lipinski definition) is 4. The largest absolute Gasteiger partial charge is 0.449 e. The summed E-state index contributed by atoms with van der Waals surface area (Å²) in [6.45, 7) is 0.585. The summed E-state index contributed by atoms with van der Waals surface area (Å²) in [7, 11) is 1.67. The number of halogens is 1. The van der Waals surface area contributed by atoms with Gasteiger partial charge in [-0.1, -0.05) is 17.7 Å². The molecule has 0 radical (unpaired) electrons. The summed E-state index contributed by atoms with van der Waals surface area (Å²) in [4.78, 5) is 25.0. The molecule has 1 saturated heterocycles. The number of carbonyl (C=O) groups excluding carboxylic acids is 2. The van der Waals surface area contributed by atoms with E-state index in [0.717, 1.165) is 0 Å².